The van der Waals surface area contributed by atoms with Gasteiger partial charge < -0.3 is 10.2 Å². The minimum atomic E-state index is 0.844. The lowest BCUT2D eigenvalue weighted by Crippen LogP contribution is -2.20. The molecular weight excluding hydrogens is 236 g/mol. The number of rotatable bonds is 6. The van der Waals surface area contributed by atoms with Gasteiger partial charge in [0.15, 0.2) is 0 Å². The molecule has 0 aromatic carbocycles. The maximum absolute atomic E-state index is 4.21. The van der Waals surface area contributed by atoms with E-state index >= 15 is 0 Å². The van der Waals surface area contributed by atoms with E-state index in [2.05, 4.69) is 46.3 Å². The molecule has 0 aliphatic rings. The number of anilines is 1. The number of pyridine rings is 2. The van der Waals surface area contributed by atoms with Crippen molar-refractivity contribution in [2.24, 2.45) is 0 Å². The van der Waals surface area contributed by atoms with E-state index in [4.69, 9.17) is 0 Å². The van der Waals surface area contributed by atoms with Gasteiger partial charge in [-0.1, -0.05) is 13.0 Å². The highest BCUT2D eigenvalue weighted by Crippen LogP contribution is 2.19. The summed E-state index contributed by atoms with van der Waals surface area (Å²) >= 11 is 0. The van der Waals surface area contributed by atoms with E-state index in [1.165, 1.54) is 16.8 Å². The highest BCUT2D eigenvalue weighted by Gasteiger charge is 2.07. The molecular formula is C15H20N4. The Bertz CT molecular complexity index is 499. The molecule has 0 aliphatic heterocycles. The first kappa shape index (κ1) is 13.5. The van der Waals surface area contributed by atoms with Crippen LogP contribution >= 0.6 is 0 Å². The van der Waals surface area contributed by atoms with Crippen molar-refractivity contribution >= 4 is 5.69 Å². The van der Waals surface area contributed by atoms with Gasteiger partial charge in [0.25, 0.3) is 0 Å². The molecule has 0 spiro atoms. The second kappa shape index (κ2) is 6.85. The van der Waals surface area contributed by atoms with Crippen LogP contribution in [0, 0.1) is 0 Å². The van der Waals surface area contributed by atoms with Crippen molar-refractivity contribution < 1.29 is 0 Å². The van der Waals surface area contributed by atoms with Gasteiger partial charge >= 0.3 is 0 Å². The lowest BCUT2D eigenvalue weighted by Gasteiger charge is -2.22. The summed E-state index contributed by atoms with van der Waals surface area (Å²) in [4.78, 5) is 10.6. The first-order chi connectivity index (χ1) is 9.31. The molecule has 1 N–H and O–H groups in total. The first-order valence-electron chi connectivity index (χ1n) is 6.55. The number of nitrogens with zero attached hydrogens (tertiary/aromatic N) is 3. The van der Waals surface area contributed by atoms with Crippen molar-refractivity contribution in [3.05, 3.63) is 54.1 Å². The third kappa shape index (κ3) is 3.76. The molecule has 0 bridgehead atoms. The predicted molar refractivity (Wildman–Crippen MR) is 78.0 cm³/mol. The Kier molecular flexibility index (Phi) is 4.86. The van der Waals surface area contributed by atoms with Crippen LogP contribution in [0.5, 0.6) is 0 Å². The van der Waals surface area contributed by atoms with Crippen LogP contribution in [0.2, 0.25) is 0 Å². The first-order valence-corrected chi connectivity index (χ1v) is 6.55. The summed E-state index contributed by atoms with van der Waals surface area (Å²) in [5.41, 5.74) is 3.63. The second-order valence-electron chi connectivity index (χ2n) is 4.50. The van der Waals surface area contributed by atoms with Gasteiger partial charge in [0.2, 0.25) is 0 Å². The molecule has 100 valence electrons. The van der Waals surface area contributed by atoms with Crippen molar-refractivity contribution in [2.75, 3.05) is 18.5 Å². The molecule has 2 aromatic heterocycles. The molecule has 0 radical (unpaired) electrons. The zero-order valence-corrected chi connectivity index (χ0v) is 11.5. The predicted octanol–water partition coefficient (Wildman–Crippen LogP) is 2.22. The van der Waals surface area contributed by atoms with Crippen LogP contribution < -0.4 is 10.2 Å². The molecule has 0 aliphatic carbocycles. The summed E-state index contributed by atoms with van der Waals surface area (Å²) in [5.74, 6) is 0. The lowest BCUT2D eigenvalue weighted by atomic mass is 10.2. The van der Waals surface area contributed by atoms with E-state index in [0.717, 1.165) is 19.6 Å². The summed E-state index contributed by atoms with van der Waals surface area (Å²) in [6, 6.07) is 6.12. The van der Waals surface area contributed by atoms with Crippen LogP contribution in [-0.4, -0.2) is 23.6 Å². The summed E-state index contributed by atoms with van der Waals surface area (Å²) in [6.07, 6.45) is 7.47. The lowest BCUT2D eigenvalue weighted by molar-refractivity contribution is 0.720. The highest BCUT2D eigenvalue weighted by molar-refractivity contribution is 5.51. The zero-order valence-electron chi connectivity index (χ0n) is 11.5. The quantitative estimate of drug-likeness (QED) is 0.860. The van der Waals surface area contributed by atoms with E-state index in [1.54, 1.807) is 6.20 Å². The van der Waals surface area contributed by atoms with Crippen LogP contribution in [0.3, 0.4) is 0 Å². The monoisotopic (exact) mass is 256 g/mol. The molecule has 0 fully saturated rings. The van der Waals surface area contributed by atoms with E-state index in [1.807, 2.05) is 24.7 Å². The Balaban J connectivity index is 2.12. The van der Waals surface area contributed by atoms with Gasteiger partial charge in [-0.3, -0.25) is 9.97 Å². The van der Waals surface area contributed by atoms with E-state index in [-0.39, 0.29) is 0 Å². The number of hydrogen-bond donors (Lipinski definition) is 1. The molecule has 4 heteroatoms. The van der Waals surface area contributed by atoms with Crippen molar-refractivity contribution in [3.8, 4) is 0 Å². The highest BCUT2D eigenvalue weighted by atomic mass is 15.1. The summed E-state index contributed by atoms with van der Waals surface area (Å²) in [7, 11) is 2.10. The van der Waals surface area contributed by atoms with E-state index in [0.29, 0.717) is 0 Å². The Morgan fingerprint density at radius 2 is 2.00 bits per heavy atom. The summed E-state index contributed by atoms with van der Waals surface area (Å²) < 4.78 is 0. The normalized spacial score (nSPS) is 10.4. The zero-order chi connectivity index (χ0) is 13.5. The standard InChI is InChI=1S/C15H20N4/c1-3-16-10-14-11-18-8-6-15(14)19(2)12-13-5-4-7-17-9-13/h4-9,11,16H,3,10,12H2,1-2H3. The fourth-order valence-electron chi connectivity index (χ4n) is 2.04. The van der Waals surface area contributed by atoms with Gasteiger partial charge in [0.05, 0.1) is 0 Å². The Morgan fingerprint density at radius 3 is 2.74 bits per heavy atom. The molecule has 4 nitrogen and oxygen atoms in total. The van der Waals surface area contributed by atoms with Crippen LogP contribution in [0.1, 0.15) is 18.1 Å². The summed E-state index contributed by atoms with van der Waals surface area (Å²) in [5, 5.41) is 3.34. The molecule has 0 saturated carbocycles. The summed E-state index contributed by atoms with van der Waals surface area (Å²) in [6.45, 7) is 4.75. The van der Waals surface area contributed by atoms with Gasteiger partial charge in [-0.05, 0) is 24.2 Å². The molecule has 2 aromatic rings. The smallest absolute Gasteiger partial charge is 0.0443 e. The van der Waals surface area contributed by atoms with Crippen molar-refractivity contribution in [3.63, 3.8) is 0 Å². The van der Waals surface area contributed by atoms with Crippen LogP contribution in [0.4, 0.5) is 5.69 Å². The number of hydrogen-bond acceptors (Lipinski definition) is 4. The van der Waals surface area contributed by atoms with Crippen LogP contribution in [0.25, 0.3) is 0 Å². The Morgan fingerprint density at radius 1 is 1.16 bits per heavy atom. The van der Waals surface area contributed by atoms with Crippen molar-refractivity contribution in [1.82, 2.24) is 15.3 Å². The minimum absolute atomic E-state index is 0.844. The minimum Gasteiger partial charge on any atom is -0.370 e. The average molecular weight is 256 g/mol. The largest absolute Gasteiger partial charge is 0.370 e. The van der Waals surface area contributed by atoms with Crippen LogP contribution in [0.15, 0.2) is 43.0 Å². The molecule has 0 amide bonds. The van der Waals surface area contributed by atoms with Crippen LogP contribution in [-0.2, 0) is 13.1 Å². The third-order valence-corrected chi connectivity index (χ3v) is 3.00. The van der Waals surface area contributed by atoms with E-state index < -0.39 is 0 Å². The Hall–Kier alpha value is -1.94. The maximum atomic E-state index is 4.21. The maximum Gasteiger partial charge on any atom is 0.0443 e. The topological polar surface area (TPSA) is 41.1 Å². The average Bonchev–Trinajstić information content (AvgIpc) is 2.46. The molecule has 2 rings (SSSR count). The Labute approximate surface area is 114 Å². The second-order valence-corrected chi connectivity index (χ2v) is 4.50. The molecule has 19 heavy (non-hydrogen) atoms. The van der Waals surface area contributed by atoms with Gasteiger partial charge in [-0.25, -0.2) is 0 Å². The van der Waals surface area contributed by atoms with Gasteiger partial charge in [0.1, 0.15) is 0 Å². The third-order valence-electron chi connectivity index (χ3n) is 3.00. The fourth-order valence-corrected chi connectivity index (χ4v) is 2.04. The van der Waals surface area contributed by atoms with Gasteiger partial charge in [0, 0.05) is 56.2 Å². The van der Waals surface area contributed by atoms with Crippen molar-refractivity contribution in [2.45, 2.75) is 20.0 Å². The van der Waals surface area contributed by atoms with Gasteiger partial charge in [-0.2, -0.15) is 0 Å². The van der Waals surface area contributed by atoms with Crippen molar-refractivity contribution in [1.29, 1.82) is 0 Å². The van der Waals surface area contributed by atoms with E-state index in [9.17, 15) is 0 Å². The molecule has 0 unspecified atom stereocenters. The molecule has 2 heterocycles. The molecule has 0 atom stereocenters. The number of nitrogens with one attached hydrogen (secondary N) is 1. The molecule has 0 saturated heterocycles. The number of aromatic nitrogens is 2. The van der Waals surface area contributed by atoms with Gasteiger partial charge in [-0.15, -0.1) is 0 Å². The fraction of sp³-hybridized carbons (Fsp3) is 0.333. The SMILES string of the molecule is CCNCc1cnccc1N(C)Cc1cccnc1.